The molecule has 0 N–H and O–H groups in total. The normalized spacial score (nSPS) is 32.5. The third-order valence-electron chi connectivity index (χ3n) is 7.37. The van der Waals surface area contributed by atoms with E-state index in [4.69, 9.17) is 4.74 Å². The summed E-state index contributed by atoms with van der Waals surface area (Å²) in [5.41, 5.74) is 3.16. The van der Waals surface area contributed by atoms with Gasteiger partial charge in [0.15, 0.2) is 0 Å². The molecule has 2 saturated carbocycles. The van der Waals surface area contributed by atoms with E-state index in [1.54, 1.807) is 6.21 Å². The minimum absolute atomic E-state index is 0.131. The number of hydrogen-bond donors (Lipinski definition) is 0. The molecule has 1 saturated heterocycles. The second kappa shape index (κ2) is 6.91. The Morgan fingerprint density at radius 3 is 2.16 bits per heavy atom. The van der Waals surface area contributed by atoms with Gasteiger partial charge < -0.3 is 4.74 Å². The van der Waals surface area contributed by atoms with Crippen LogP contribution in [0, 0.1) is 42.4 Å². The number of hydrazone groups is 1. The molecular weight excluding hydrogens is 388 g/mol. The van der Waals surface area contributed by atoms with Crippen molar-refractivity contribution in [3.8, 4) is 5.75 Å². The predicted molar refractivity (Wildman–Crippen MR) is 116 cm³/mol. The van der Waals surface area contributed by atoms with Gasteiger partial charge in [-0.05, 0) is 72.4 Å². The Morgan fingerprint density at radius 1 is 0.935 bits per heavy atom. The number of imide groups is 1. The first-order valence-corrected chi connectivity index (χ1v) is 11.0. The smallest absolute Gasteiger partial charge is 0.254 e. The van der Waals surface area contributed by atoms with Crippen molar-refractivity contribution < 1.29 is 14.3 Å². The molecule has 2 bridgehead atoms. The number of aryl methyl sites for hydroxylation is 1. The average molecular weight is 412 g/mol. The summed E-state index contributed by atoms with van der Waals surface area (Å²) in [6, 6.07) is 15.8. The van der Waals surface area contributed by atoms with E-state index < -0.39 is 0 Å². The number of rotatable bonds is 5. The second-order valence-corrected chi connectivity index (χ2v) is 9.23. The lowest BCUT2D eigenvalue weighted by Crippen LogP contribution is -2.40. The summed E-state index contributed by atoms with van der Waals surface area (Å²) >= 11 is 0. The molecule has 2 aromatic carbocycles. The van der Waals surface area contributed by atoms with Crippen molar-refractivity contribution in [2.24, 2.45) is 40.6 Å². The van der Waals surface area contributed by atoms with E-state index in [0.717, 1.165) is 28.3 Å². The zero-order valence-corrected chi connectivity index (χ0v) is 17.3. The quantitative estimate of drug-likeness (QED) is 0.424. The number of nitrogens with zero attached hydrogens (tertiary/aromatic N) is 2. The molecule has 0 spiro atoms. The standard InChI is InChI=1S/C26H24N2O3/c1-15-2-4-17(5-3-15)14-31-18-8-6-16(7-9-18)13-27-28-25(29)23-19-10-11-20(22-12-21(19)22)24(23)26(28)30/h2-11,13,19-24H,12,14H2,1H3/b27-13-/t19-,20-,21-,22-,23+,24+/m0/s1. The highest BCUT2D eigenvalue weighted by molar-refractivity contribution is 6.06. The third kappa shape index (κ3) is 3.02. The van der Waals surface area contributed by atoms with Crippen LogP contribution < -0.4 is 4.74 Å². The third-order valence-corrected chi connectivity index (χ3v) is 7.37. The van der Waals surface area contributed by atoms with Gasteiger partial charge in [0.1, 0.15) is 12.4 Å². The maximum Gasteiger partial charge on any atom is 0.254 e. The van der Waals surface area contributed by atoms with Crippen LogP contribution in [0.5, 0.6) is 5.75 Å². The molecule has 2 amide bonds. The number of carbonyl (C=O) groups excluding carboxylic acids is 2. The van der Waals surface area contributed by atoms with Gasteiger partial charge in [0.25, 0.3) is 11.8 Å². The number of carbonyl (C=O) groups is 2. The molecule has 1 aliphatic heterocycles. The van der Waals surface area contributed by atoms with Gasteiger partial charge in [0.05, 0.1) is 18.1 Å². The predicted octanol–water partition coefficient (Wildman–Crippen LogP) is 3.96. The number of hydrogen-bond acceptors (Lipinski definition) is 4. The molecule has 0 radical (unpaired) electrons. The lowest BCUT2D eigenvalue weighted by molar-refractivity contribution is -0.140. The van der Waals surface area contributed by atoms with Gasteiger partial charge in [-0.2, -0.15) is 10.1 Å². The van der Waals surface area contributed by atoms with Gasteiger partial charge >= 0.3 is 0 Å². The van der Waals surface area contributed by atoms with Crippen molar-refractivity contribution in [3.05, 3.63) is 77.4 Å². The zero-order chi connectivity index (χ0) is 21.1. The molecule has 0 unspecified atom stereocenters. The minimum atomic E-state index is -0.207. The molecule has 0 aromatic heterocycles. The minimum Gasteiger partial charge on any atom is -0.489 e. The summed E-state index contributed by atoms with van der Waals surface area (Å²) in [7, 11) is 0. The van der Waals surface area contributed by atoms with Crippen LogP contribution in [0.4, 0.5) is 0 Å². The van der Waals surface area contributed by atoms with Gasteiger partial charge in [-0.3, -0.25) is 9.59 Å². The van der Waals surface area contributed by atoms with Gasteiger partial charge in [0, 0.05) is 0 Å². The summed E-state index contributed by atoms with van der Waals surface area (Å²) in [4.78, 5) is 25.9. The van der Waals surface area contributed by atoms with Crippen molar-refractivity contribution in [1.82, 2.24) is 5.01 Å². The fourth-order valence-corrected chi connectivity index (χ4v) is 5.68. The molecular formula is C26H24N2O3. The molecule has 3 fully saturated rings. The van der Waals surface area contributed by atoms with Gasteiger partial charge in [-0.25, -0.2) is 0 Å². The number of amides is 2. The first-order chi connectivity index (χ1) is 15.1. The molecule has 7 rings (SSSR count). The van der Waals surface area contributed by atoms with Crippen LogP contribution in [0.3, 0.4) is 0 Å². The highest BCUT2D eigenvalue weighted by Gasteiger charge is 2.67. The van der Waals surface area contributed by atoms with Crippen LogP contribution in [-0.4, -0.2) is 23.0 Å². The number of benzene rings is 2. The van der Waals surface area contributed by atoms with E-state index in [2.05, 4.69) is 48.4 Å². The Hall–Kier alpha value is -3.21. The first-order valence-electron chi connectivity index (χ1n) is 11.0. The monoisotopic (exact) mass is 412 g/mol. The van der Waals surface area contributed by atoms with Crippen LogP contribution in [0.25, 0.3) is 0 Å². The summed E-state index contributed by atoms with van der Waals surface area (Å²) in [5.74, 6) is 1.74. The fourth-order valence-electron chi connectivity index (χ4n) is 5.68. The SMILES string of the molecule is Cc1ccc(COc2ccc(/C=N\N3C(=O)[C@@H]4[C@H]5C=C[C@@H]([C@@H]6C[C@@H]56)[C@H]4C3=O)cc2)cc1. The van der Waals surface area contributed by atoms with Crippen molar-refractivity contribution in [1.29, 1.82) is 0 Å². The largest absolute Gasteiger partial charge is 0.489 e. The van der Waals surface area contributed by atoms with E-state index in [1.807, 2.05) is 24.3 Å². The van der Waals surface area contributed by atoms with Crippen molar-refractivity contribution in [2.45, 2.75) is 20.0 Å². The maximum atomic E-state index is 13.0. The van der Waals surface area contributed by atoms with Crippen LogP contribution in [0.1, 0.15) is 23.1 Å². The van der Waals surface area contributed by atoms with Crippen LogP contribution in [-0.2, 0) is 16.2 Å². The van der Waals surface area contributed by atoms with Crippen LogP contribution in [0.2, 0.25) is 0 Å². The van der Waals surface area contributed by atoms with Crippen molar-refractivity contribution >= 4 is 18.0 Å². The molecule has 156 valence electrons. The van der Waals surface area contributed by atoms with Crippen molar-refractivity contribution in [2.75, 3.05) is 0 Å². The lowest BCUT2D eigenvalue weighted by Gasteiger charge is -2.37. The Balaban J connectivity index is 1.12. The molecule has 5 nitrogen and oxygen atoms in total. The van der Waals surface area contributed by atoms with Gasteiger partial charge in [0.2, 0.25) is 0 Å². The summed E-state index contributed by atoms with van der Waals surface area (Å²) in [5, 5.41) is 5.41. The molecule has 5 aliphatic rings. The summed E-state index contributed by atoms with van der Waals surface area (Å²) in [6.07, 6.45) is 7.10. The Bertz CT molecular complexity index is 1070. The lowest BCUT2D eigenvalue weighted by atomic mass is 9.63. The Kier molecular flexibility index (Phi) is 4.13. The molecule has 4 aliphatic carbocycles. The van der Waals surface area contributed by atoms with Crippen molar-refractivity contribution in [3.63, 3.8) is 0 Å². The molecule has 31 heavy (non-hydrogen) atoms. The summed E-state index contributed by atoms with van der Waals surface area (Å²) < 4.78 is 5.84. The highest BCUT2D eigenvalue weighted by atomic mass is 16.5. The highest BCUT2D eigenvalue weighted by Crippen LogP contribution is 2.65. The van der Waals surface area contributed by atoms with E-state index in [9.17, 15) is 9.59 Å². The van der Waals surface area contributed by atoms with Gasteiger partial charge in [-0.15, -0.1) is 0 Å². The van der Waals surface area contributed by atoms with Gasteiger partial charge in [-0.1, -0.05) is 42.0 Å². The topological polar surface area (TPSA) is 59.0 Å². The van der Waals surface area contributed by atoms with E-state index in [1.165, 1.54) is 5.56 Å². The van der Waals surface area contributed by atoms with E-state index >= 15 is 0 Å². The molecule has 1 heterocycles. The fraction of sp³-hybridized carbons (Fsp3) is 0.346. The Morgan fingerprint density at radius 2 is 1.55 bits per heavy atom. The molecule has 6 atom stereocenters. The maximum absolute atomic E-state index is 13.0. The van der Waals surface area contributed by atoms with Crippen LogP contribution in [0.15, 0.2) is 65.8 Å². The molecule has 5 heteroatoms. The number of allylic oxidation sites excluding steroid dienone is 2. The van der Waals surface area contributed by atoms with E-state index in [-0.39, 0.29) is 35.5 Å². The Labute approximate surface area is 181 Å². The first kappa shape index (κ1) is 18.6. The zero-order valence-electron chi connectivity index (χ0n) is 17.3. The summed E-state index contributed by atoms with van der Waals surface area (Å²) in [6.45, 7) is 2.57. The van der Waals surface area contributed by atoms with E-state index in [0.29, 0.717) is 18.4 Å². The van der Waals surface area contributed by atoms with Crippen LogP contribution >= 0.6 is 0 Å². The molecule has 2 aromatic rings. The number of ether oxygens (including phenoxy) is 1. The second-order valence-electron chi connectivity index (χ2n) is 9.23. The average Bonchev–Trinajstić information content (AvgIpc) is 3.57.